The van der Waals surface area contributed by atoms with Crippen molar-refractivity contribution in [3.63, 3.8) is 0 Å². The molecule has 23 heavy (non-hydrogen) atoms. The first-order valence-electron chi connectivity index (χ1n) is 7.62. The molecule has 1 saturated carbocycles. The molecular formula is C16H23F2NO3S. The van der Waals surface area contributed by atoms with E-state index in [0.717, 1.165) is 18.4 Å². The summed E-state index contributed by atoms with van der Waals surface area (Å²) in [6.07, 6.45) is 2.20. The summed E-state index contributed by atoms with van der Waals surface area (Å²) in [5.74, 6) is -3.02. The molecular weight excluding hydrogens is 324 g/mol. The molecule has 1 atom stereocenters. The zero-order valence-electron chi connectivity index (χ0n) is 13.8. The molecule has 0 heterocycles. The standard InChI is InChI=1S/C16H23F2NO3S/c1-10(2)16(7-8-16)19-11(3)12-5-6-14(13(9-12)22-4)23(20,21)15(17)18/h5-6,9-11,15,19H,7-8H2,1-4H3. The van der Waals surface area contributed by atoms with E-state index in [1.807, 2.05) is 6.92 Å². The fraction of sp³-hybridized carbons (Fsp3) is 0.625. The van der Waals surface area contributed by atoms with E-state index in [1.54, 1.807) is 6.07 Å². The maximum absolute atomic E-state index is 12.7. The van der Waals surface area contributed by atoms with Crippen molar-refractivity contribution in [3.8, 4) is 5.75 Å². The highest BCUT2D eigenvalue weighted by molar-refractivity contribution is 7.91. The molecule has 7 heteroatoms. The van der Waals surface area contributed by atoms with Gasteiger partial charge in [-0.3, -0.25) is 0 Å². The van der Waals surface area contributed by atoms with Crippen molar-refractivity contribution in [2.75, 3.05) is 7.11 Å². The Morgan fingerprint density at radius 2 is 1.83 bits per heavy atom. The predicted molar refractivity (Wildman–Crippen MR) is 84.5 cm³/mol. The van der Waals surface area contributed by atoms with Gasteiger partial charge in [-0.25, -0.2) is 8.42 Å². The third kappa shape index (κ3) is 3.50. The molecule has 1 aliphatic rings. The van der Waals surface area contributed by atoms with Crippen molar-refractivity contribution < 1.29 is 21.9 Å². The molecule has 0 bridgehead atoms. The maximum atomic E-state index is 12.7. The fourth-order valence-corrected chi connectivity index (χ4v) is 3.69. The number of alkyl halides is 2. The van der Waals surface area contributed by atoms with Gasteiger partial charge in [0.15, 0.2) is 0 Å². The molecule has 1 unspecified atom stereocenters. The van der Waals surface area contributed by atoms with Crippen molar-refractivity contribution in [1.82, 2.24) is 5.32 Å². The minimum atomic E-state index is -4.68. The Morgan fingerprint density at radius 3 is 2.26 bits per heavy atom. The average molecular weight is 347 g/mol. The lowest BCUT2D eigenvalue weighted by molar-refractivity contribution is 0.234. The molecule has 4 nitrogen and oxygen atoms in total. The summed E-state index contributed by atoms with van der Waals surface area (Å²) in [5.41, 5.74) is 0.919. The zero-order valence-corrected chi connectivity index (χ0v) is 14.6. The third-order valence-corrected chi connectivity index (χ3v) is 6.05. The quantitative estimate of drug-likeness (QED) is 0.820. The van der Waals surface area contributed by atoms with Crippen LogP contribution in [0.2, 0.25) is 0 Å². The van der Waals surface area contributed by atoms with E-state index in [2.05, 4.69) is 19.2 Å². The molecule has 0 saturated heterocycles. The molecule has 130 valence electrons. The lowest BCUT2D eigenvalue weighted by Gasteiger charge is -2.27. The monoisotopic (exact) mass is 347 g/mol. The SMILES string of the molecule is COc1cc(C(C)NC2(C(C)C)CC2)ccc1S(=O)(=O)C(F)F. The molecule has 0 spiro atoms. The third-order valence-electron chi connectivity index (χ3n) is 4.63. The van der Waals surface area contributed by atoms with Gasteiger partial charge < -0.3 is 10.1 Å². The van der Waals surface area contributed by atoms with E-state index < -0.39 is 20.5 Å². The molecule has 1 N–H and O–H groups in total. The number of nitrogens with one attached hydrogen (secondary N) is 1. The Labute approximate surface area is 136 Å². The lowest BCUT2D eigenvalue weighted by atomic mass is 9.99. The highest BCUT2D eigenvalue weighted by atomic mass is 32.2. The largest absolute Gasteiger partial charge is 0.495 e. The van der Waals surface area contributed by atoms with Crippen LogP contribution in [-0.2, 0) is 9.84 Å². The first kappa shape index (κ1) is 18.1. The summed E-state index contributed by atoms with van der Waals surface area (Å²) in [6.45, 7) is 6.29. The van der Waals surface area contributed by atoms with Crippen LogP contribution in [-0.4, -0.2) is 26.8 Å². The van der Waals surface area contributed by atoms with E-state index in [4.69, 9.17) is 4.74 Å². The molecule has 1 fully saturated rings. The van der Waals surface area contributed by atoms with Crippen LogP contribution in [0.15, 0.2) is 23.1 Å². The topological polar surface area (TPSA) is 55.4 Å². The zero-order chi connectivity index (χ0) is 17.4. The van der Waals surface area contributed by atoms with Crippen molar-refractivity contribution in [3.05, 3.63) is 23.8 Å². The van der Waals surface area contributed by atoms with Gasteiger partial charge in [0, 0.05) is 11.6 Å². The van der Waals surface area contributed by atoms with Crippen LogP contribution in [0.5, 0.6) is 5.75 Å². The second kappa shape index (κ2) is 6.36. The maximum Gasteiger partial charge on any atom is 0.341 e. The van der Waals surface area contributed by atoms with Crippen molar-refractivity contribution in [2.45, 2.75) is 55.8 Å². The molecule has 2 rings (SSSR count). The number of halogens is 2. The first-order valence-corrected chi connectivity index (χ1v) is 9.16. The van der Waals surface area contributed by atoms with Crippen LogP contribution in [0.3, 0.4) is 0 Å². The molecule has 0 aromatic heterocycles. The Bertz CT molecular complexity index is 670. The minimum absolute atomic E-state index is 0.0305. The lowest BCUT2D eigenvalue weighted by Crippen LogP contribution is -2.38. The fourth-order valence-electron chi connectivity index (χ4n) is 2.82. The summed E-state index contributed by atoms with van der Waals surface area (Å²) in [6, 6.07) is 4.25. The van der Waals surface area contributed by atoms with Crippen molar-refractivity contribution in [2.24, 2.45) is 5.92 Å². The van der Waals surface area contributed by atoms with Crippen LogP contribution in [0.25, 0.3) is 0 Å². The second-order valence-electron chi connectivity index (χ2n) is 6.39. The van der Waals surface area contributed by atoms with E-state index in [1.165, 1.54) is 19.2 Å². The first-order chi connectivity index (χ1) is 10.6. The smallest absolute Gasteiger partial charge is 0.341 e. The number of hydrogen-bond donors (Lipinski definition) is 1. The average Bonchev–Trinajstić information content (AvgIpc) is 3.27. The number of ether oxygens (including phenoxy) is 1. The van der Waals surface area contributed by atoms with Gasteiger partial charge in [0.05, 0.1) is 7.11 Å². The van der Waals surface area contributed by atoms with Crippen molar-refractivity contribution in [1.29, 1.82) is 0 Å². The minimum Gasteiger partial charge on any atom is -0.495 e. The molecule has 0 amide bonds. The summed E-state index contributed by atoms with van der Waals surface area (Å²) in [7, 11) is -3.40. The van der Waals surface area contributed by atoms with Gasteiger partial charge in [0.2, 0.25) is 9.84 Å². The highest BCUT2D eigenvalue weighted by Gasteiger charge is 2.46. The number of benzene rings is 1. The Hall–Kier alpha value is -1.21. The van der Waals surface area contributed by atoms with Crippen LogP contribution >= 0.6 is 0 Å². The number of sulfone groups is 1. The van der Waals surface area contributed by atoms with Gasteiger partial charge in [-0.2, -0.15) is 8.78 Å². The summed E-state index contributed by atoms with van der Waals surface area (Å²) >= 11 is 0. The van der Waals surface area contributed by atoms with E-state index in [0.29, 0.717) is 5.92 Å². The van der Waals surface area contributed by atoms with E-state index >= 15 is 0 Å². The van der Waals surface area contributed by atoms with Crippen LogP contribution in [0, 0.1) is 5.92 Å². The van der Waals surface area contributed by atoms with Gasteiger partial charge in [-0.05, 0) is 43.4 Å². The molecule has 1 aliphatic carbocycles. The Kier molecular flexibility index (Phi) is 5.01. The van der Waals surface area contributed by atoms with Gasteiger partial charge >= 0.3 is 5.76 Å². The van der Waals surface area contributed by atoms with Crippen LogP contribution < -0.4 is 10.1 Å². The molecule has 0 aliphatic heterocycles. The molecule has 1 aromatic rings. The normalized spacial score (nSPS) is 18.3. The summed E-state index contributed by atoms with van der Waals surface area (Å²) in [4.78, 5) is -0.476. The second-order valence-corrected chi connectivity index (χ2v) is 8.28. The predicted octanol–water partition coefficient (Wildman–Crippen LogP) is 3.53. The number of methoxy groups -OCH3 is 1. The molecule has 1 aromatic carbocycles. The van der Waals surface area contributed by atoms with Gasteiger partial charge in [0.25, 0.3) is 0 Å². The van der Waals surface area contributed by atoms with Crippen molar-refractivity contribution >= 4 is 9.84 Å². The number of rotatable bonds is 7. The Morgan fingerprint density at radius 1 is 1.22 bits per heavy atom. The van der Waals surface area contributed by atoms with Gasteiger partial charge in [-0.1, -0.05) is 19.9 Å². The number of hydrogen-bond acceptors (Lipinski definition) is 4. The summed E-state index contributed by atoms with van der Waals surface area (Å²) in [5, 5.41) is 3.56. The highest BCUT2D eigenvalue weighted by Crippen LogP contribution is 2.44. The Balaban J connectivity index is 2.29. The van der Waals surface area contributed by atoms with E-state index in [-0.39, 0.29) is 17.3 Å². The van der Waals surface area contributed by atoms with Crippen LogP contribution in [0.4, 0.5) is 8.78 Å². The van der Waals surface area contributed by atoms with E-state index in [9.17, 15) is 17.2 Å². The summed E-state index contributed by atoms with van der Waals surface area (Å²) < 4.78 is 53.9. The van der Waals surface area contributed by atoms with Gasteiger partial charge in [-0.15, -0.1) is 0 Å². The van der Waals surface area contributed by atoms with Crippen LogP contribution in [0.1, 0.15) is 45.2 Å². The molecule has 0 radical (unpaired) electrons. The van der Waals surface area contributed by atoms with Gasteiger partial charge in [0.1, 0.15) is 10.6 Å².